The summed E-state index contributed by atoms with van der Waals surface area (Å²) in [4.78, 5) is 12.3. The first-order valence-electron chi connectivity index (χ1n) is 7.19. The van der Waals surface area contributed by atoms with E-state index in [2.05, 4.69) is 19.1 Å². The number of ketones is 1. The molecule has 0 saturated carbocycles. The minimum absolute atomic E-state index is 0.0203. The third-order valence-corrected chi connectivity index (χ3v) is 3.63. The molecule has 2 aromatic rings. The highest BCUT2D eigenvalue weighted by atomic mass is 16.5. The van der Waals surface area contributed by atoms with Gasteiger partial charge in [-0.2, -0.15) is 0 Å². The Labute approximate surface area is 126 Å². The van der Waals surface area contributed by atoms with Gasteiger partial charge in [-0.05, 0) is 51.3 Å². The van der Waals surface area contributed by atoms with Gasteiger partial charge >= 0.3 is 0 Å². The Hall–Kier alpha value is -2.09. The number of ether oxygens (including phenoxy) is 1. The predicted molar refractivity (Wildman–Crippen MR) is 86.4 cm³/mol. The molecular formula is C19H22O2. The van der Waals surface area contributed by atoms with Crippen molar-refractivity contribution in [2.75, 3.05) is 6.61 Å². The van der Waals surface area contributed by atoms with Crippen LogP contribution in [0.25, 0.3) is 0 Å². The van der Waals surface area contributed by atoms with Gasteiger partial charge in [0, 0.05) is 5.56 Å². The molecule has 0 aromatic heterocycles. The van der Waals surface area contributed by atoms with Gasteiger partial charge in [-0.1, -0.05) is 41.5 Å². The Kier molecular flexibility index (Phi) is 4.46. The summed E-state index contributed by atoms with van der Waals surface area (Å²) in [5.74, 6) is 0.839. The van der Waals surface area contributed by atoms with Gasteiger partial charge in [-0.3, -0.25) is 4.79 Å². The smallest absolute Gasteiger partial charge is 0.200 e. The van der Waals surface area contributed by atoms with Crippen LogP contribution >= 0.6 is 0 Å². The monoisotopic (exact) mass is 282 g/mol. The third-order valence-electron chi connectivity index (χ3n) is 3.63. The number of aryl methyl sites for hydroxylation is 5. The van der Waals surface area contributed by atoms with Gasteiger partial charge in [-0.25, -0.2) is 0 Å². The Morgan fingerprint density at radius 3 is 2.00 bits per heavy atom. The van der Waals surface area contributed by atoms with Gasteiger partial charge in [0.2, 0.25) is 0 Å². The van der Waals surface area contributed by atoms with Crippen LogP contribution in [0, 0.1) is 34.6 Å². The summed E-state index contributed by atoms with van der Waals surface area (Å²) >= 11 is 0. The van der Waals surface area contributed by atoms with E-state index < -0.39 is 0 Å². The molecule has 0 bridgehead atoms. The number of hydrogen-bond acceptors (Lipinski definition) is 2. The molecule has 2 aromatic carbocycles. The number of Topliss-reactive ketones (excluding diaryl/α,β-unsaturated/α-hetero) is 1. The molecule has 0 unspecified atom stereocenters. The lowest BCUT2D eigenvalue weighted by Crippen LogP contribution is -2.14. The van der Waals surface area contributed by atoms with E-state index in [9.17, 15) is 4.79 Å². The van der Waals surface area contributed by atoms with Crippen molar-refractivity contribution in [1.82, 2.24) is 0 Å². The van der Waals surface area contributed by atoms with Crippen LogP contribution in [0.2, 0.25) is 0 Å². The van der Waals surface area contributed by atoms with Crippen molar-refractivity contribution in [2.45, 2.75) is 34.6 Å². The fraction of sp³-hybridized carbons (Fsp3) is 0.316. The lowest BCUT2D eigenvalue weighted by Gasteiger charge is -2.13. The quantitative estimate of drug-likeness (QED) is 0.772. The van der Waals surface area contributed by atoms with Crippen LogP contribution in [0.5, 0.6) is 5.75 Å². The molecule has 21 heavy (non-hydrogen) atoms. The van der Waals surface area contributed by atoms with Crippen LogP contribution in [0.3, 0.4) is 0 Å². The second-order valence-corrected chi connectivity index (χ2v) is 5.76. The van der Waals surface area contributed by atoms with Crippen LogP contribution < -0.4 is 4.74 Å². The molecule has 0 heterocycles. The first-order chi connectivity index (χ1) is 9.88. The van der Waals surface area contributed by atoms with Crippen LogP contribution in [0.1, 0.15) is 38.2 Å². The molecule has 0 atom stereocenters. The summed E-state index contributed by atoms with van der Waals surface area (Å²) in [7, 11) is 0. The minimum atomic E-state index is 0.0203. The Morgan fingerprint density at radius 1 is 0.857 bits per heavy atom. The molecule has 0 amide bonds. The highest BCUT2D eigenvalue weighted by molar-refractivity contribution is 5.98. The van der Waals surface area contributed by atoms with E-state index >= 15 is 0 Å². The Morgan fingerprint density at radius 2 is 1.43 bits per heavy atom. The summed E-state index contributed by atoms with van der Waals surface area (Å²) < 4.78 is 5.77. The molecule has 2 nitrogen and oxygen atoms in total. The molecule has 0 aliphatic carbocycles. The van der Waals surface area contributed by atoms with Gasteiger partial charge in [0.1, 0.15) is 5.75 Å². The third kappa shape index (κ3) is 3.52. The van der Waals surface area contributed by atoms with Crippen molar-refractivity contribution >= 4 is 5.78 Å². The summed E-state index contributed by atoms with van der Waals surface area (Å²) in [6, 6.07) is 10.0. The van der Waals surface area contributed by atoms with E-state index in [1.807, 2.05) is 45.9 Å². The van der Waals surface area contributed by atoms with Crippen LogP contribution in [0.15, 0.2) is 30.3 Å². The van der Waals surface area contributed by atoms with E-state index in [0.29, 0.717) is 0 Å². The molecule has 0 saturated heterocycles. The van der Waals surface area contributed by atoms with Crippen molar-refractivity contribution < 1.29 is 9.53 Å². The maximum Gasteiger partial charge on any atom is 0.200 e. The van der Waals surface area contributed by atoms with Gasteiger partial charge < -0.3 is 4.74 Å². The lowest BCUT2D eigenvalue weighted by molar-refractivity contribution is 0.0920. The number of rotatable bonds is 4. The summed E-state index contributed by atoms with van der Waals surface area (Å²) in [5.41, 5.74) is 6.25. The summed E-state index contributed by atoms with van der Waals surface area (Å²) in [6.07, 6.45) is 0. The predicted octanol–water partition coefficient (Wildman–Crippen LogP) is 4.49. The van der Waals surface area contributed by atoms with Crippen molar-refractivity contribution in [3.8, 4) is 5.75 Å². The first kappa shape index (κ1) is 15.3. The van der Waals surface area contributed by atoms with E-state index in [1.54, 1.807) is 0 Å². The molecule has 0 aliphatic rings. The summed E-state index contributed by atoms with van der Waals surface area (Å²) in [5, 5.41) is 0. The van der Waals surface area contributed by atoms with Crippen LogP contribution in [-0.2, 0) is 0 Å². The van der Waals surface area contributed by atoms with E-state index in [-0.39, 0.29) is 12.4 Å². The molecule has 0 radical (unpaired) electrons. The maximum absolute atomic E-state index is 12.3. The molecule has 2 heteroatoms. The van der Waals surface area contributed by atoms with Crippen molar-refractivity contribution in [3.63, 3.8) is 0 Å². The molecule has 0 spiro atoms. The average molecular weight is 282 g/mol. The zero-order valence-corrected chi connectivity index (χ0v) is 13.4. The lowest BCUT2D eigenvalue weighted by atomic mass is 10.0. The normalized spacial score (nSPS) is 10.5. The van der Waals surface area contributed by atoms with Gasteiger partial charge in [0.25, 0.3) is 0 Å². The van der Waals surface area contributed by atoms with Crippen molar-refractivity contribution in [1.29, 1.82) is 0 Å². The second kappa shape index (κ2) is 6.13. The molecule has 2 rings (SSSR count). The average Bonchev–Trinajstić information content (AvgIpc) is 2.36. The highest BCUT2D eigenvalue weighted by Gasteiger charge is 2.12. The first-order valence-corrected chi connectivity index (χ1v) is 7.19. The highest BCUT2D eigenvalue weighted by Crippen LogP contribution is 2.24. The number of carbonyl (C=O) groups excluding carboxylic acids is 1. The fourth-order valence-electron chi connectivity index (χ4n) is 2.74. The number of benzene rings is 2. The van der Waals surface area contributed by atoms with Gasteiger partial charge in [-0.15, -0.1) is 0 Å². The minimum Gasteiger partial charge on any atom is -0.485 e. The molecular weight excluding hydrogens is 260 g/mol. The SMILES string of the molecule is Cc1ccc(C(=O)COc2c(C)cc(C)cc2C)c(C)c1. The Bertz CT molecular complexity index is 661. The van der Waals surface area contributed by atoms with Crippen LogP contribution in [0.4, 0.5) is 0 Å². The Balaban J connectivity index is 2.15. The zero-order valence-electron chi connectivity index (χ0n) is 13.4. The van der Waals surface area contributed by atoms with E-state index in [4.69, 9.17) is 4.74 Å². The molecule has 0 aliphatic heterocycles. The standard InChI is InChI=1S/C19H22O2/c1-12-6-7-17(14(3)8-12)18(20)11-21-19-15(4)9-13(2)10-16(19)5/h6-10H,11H2,1-5H3. The number of carbonyl (C=O) groups is 1. The molecule has 110 valence electrons. The zero-order chi connectivity index (χ0) is 15.6. The van der Waals surface area contributed by atoms with E-state index in [0.717, 1.165) is 33.6 Å². The van der Waals surface area contributed by atoms with Gasteiger partial charge in [0.15, 0.2) is 12.4 Å². The topological polar surface area (TPSA) is 26.3 Å². The number of hydrogen-bond donors (Lipinski definition) is 0. The van der Waals surface area contributed by atoms with Crippen molar-refractivity contribution in [2.24, 2.45) is 0 Å². The second-order valence-electron chi connectivity index (χ2n) is 5.76. The molecule has 0 fully saturated rings. The fourth-order valence-corrected chi connectivity index (χ4v) is 2.74. The summed E-state index contributed by atoms with van der Waals surface area (Å²) in [6.45, 7) is 10.1. The largest absolute Gasteiger partial charge is 0.485 e. The van der Waals surface area contributed by atoms with Crippen LogP contribution in [-0.4, -0.2) is 12.4 Å². The van der Waals surface area contributed by atoms with Gasteiger partial charge in [0.05, 0.1) is 0 Å². The van der Waals surface area contributed by atoms with Crippen molar-refractivity contribution in [3.05, 3.63) is 63.7 Å². The molecule has 0 N–H and O–H groups in total. The van der Waals surface area contributed by atoms with E-state index in [1.165, 1.54) is 5.56 Å². The maximum atomic E-state index is 12.3.